The average Bonchev–Trinajstić information content (AvgIpc) is 3.01. The fourth-order valence-corrected chi connectivity index (χ4v) is 2.82. The molecule has 0 aliphatic rings. The standard InChI is InChI=1S/C17H11ClN4O2/c18-9-2-1-3-10(6-9)20-16-11-7-14(17(23)24)21-15(11)12-8-19-5-4-13(12)22-16/h1-8,21H,(H,20,22)(H,23,24). The highest BCUT2D eigenvalue weighted by Crippen LogP contribution is 2.31. The van der Waals surface area contributed by atoms with Gasteiger partial charge in [-0.1, -0.05) is 17.7 Å². The van der Waals surface area contributed by atoms with Crippen LogP contribution in [0.1, 0.15) is 10.5 Å². The van der Waals surface area contributed by atoms with E-state index >= 15 is 0 Å². The number of aromatic nitrogens is 3. The summed E-state index contributed by atoms with van der Waals surface area (Å²) in [4.78, 5) is 22.9. The number of hydrogen-bond acceptors (Lipinski definition) is 4. The van der Waals surface area contributed by atoms with Crippen LogP contribution in [0.15, 0.2) is 48.8 Å². The number of nitrogens with zero attached hydrogens (tertiary/aromatic N) is 2. The first-order chi connectivity index (χ1) is 11.6. The Morgan fingerprint density at radius 2 is 2.08 bits per heavy atom. The van der Waals surface area contributed by atoms with E-state index in [2.05, 4.69) is 20.3 Å². The summed E-state index contributed by atoms with van der Waals surface area (Å²) < 4.78 is 0. The van der Waals surface area contributed by atoms with Gasteiger partial charge in [0, 0.05) is 33.9 Å². The van der Waals surface area contributed by atoms with Crippen molar-refractivity contribution in [1.29, 1.82) is 0 Å². The molecule has 1 aromatic carbocycles. The molecule has 3 heterocycles. The number of aromatic amines is 1. The Labute approximate surface area is 141 Å². The Kier molecular flexibility index (Phi) is 3.32. The molecule has 7 heteroatoms. The molecule has 0 aliphatic heterocycles. The lowest BCUT2D eigenvalue weighted by atomic mass is 10.2. The molecular formula is C17H11ClN4O2. The Balaban J connectivity index is 1.96. The molecule has 0 saturated heterocycles. The van der Waals surface area contributed by atoms with Crippen molar-refractivity contribution in [1.82, 2.24) is 15.0 Å². The fraction of sp³-hybridized carbons (Fsp3) is 0. The Bertz CT molecular complexity index is 1090. The summed E-state index contributed by atoms with van der Waals surface area (Å²) >= 11 is 6.02. The van der Waals surface area contributed by atoms with Gasteiger partial charge in [0.1, 0.15) is 11.5 Å². The van der Waals surface area contributed by atoms with Gasteiger partial charge >= 0.3 is 5.97 Å². The quantitative estimate of drug-likeness (QED) is 0.520. The second kappa shape index (κ2) is 5.50. The Morgan fingerprint density at radius 3 is 2.88 bits per heavy atom. The van der Waals surface area contributed by atoms with Gasteiger partial charge in [0.25, 0.3) is 0 Å². The van der Waals surface area contributed by atoms with Crippen LogP contribution in [0.4, 0.5) is 11.5 Å². The van der Waals surface area contributed by atoms with E-state index in [1.54, 1.807) is 36.7 Å². The maximum atomic E-state index is 11.3. The van der Waals surface area contributed by atoms with E-state index in [0.29, 0.717) is 27.3 Å². The molecule has 0 radical (unpaired) electrons. The number of H-pyrrole nitrogens is 1. The van der Waals surface area contributed by atoms with Gasteiger partial charge in [-0.15, -0.1) is 0 Å². The topological polar surface area (TPSA) is 90.9 Å². The summed E-state index contributed by atoms with van der Waals surface area (Å²) in [6, 6.07) is 10.6. The molecule has 0 unspecified atom stereocenters. The summed E-state index contributed by atoms with van der Waals surface area (Å²) in [7, 11) is 0. The number of aromatic carboxylic acids is 1. The van der Waals surface area contributed by atoms with Crippen LogP contribution in [0.2, 0.25) is 5.02 Å². The highest BCUT2D eigenvalue weighted by molar-refractivity contribution is 6.30. The molecule has 0 bridgehead atoms. The second-order valence-electron chi connectivity index (χ2n) is 5.27. The molecule has 6 nitrogen and oxygen atoms in total. The third-order valence-corrected chi connectivity index (χ3v) is 3.93. The average molecular weight is 339 g/mol. The monoisotopic (exact) mass is 338 g/mol. The van der Waals surface area contributed by atoms with Gasteiger partial charge in [-0.3, -0.25) is 4.98 Å². The van der Waals surface area contributed by atoms with E-state index in [0.717, 1.165) is 11.1 Å². The normalized spacial score (nSPS) is 11.0. The number of anilines is 2. The van der Waals surface area contributed by atoms with Crippen molar-refractivity contribution in [3.8, 4) is 0 Å². The van der Waals surface area contributed by atoms with Crippen molar-refractivity contribution in [2.24, 2.45) is 0 Å². The van der Waals surface area contributed by atoms with Crippen LogP contribution in [0.3, 0.4) is 0 Å². The third-order valence-electron chi connectivity index (χ3n) is 3.69. The van der Waals surface area contributed by atoms with Crippen LogP contribution in [0.5, 0.6) is 0 Å². The van der Waals surface area contributed by atoms with Crippen LogP contribution in [0.25, 0.3) is 21.8 Å². The smallest absolute Gasteiger partial charge is 0.352 e. The van der Waals surface area contributed by atoms with Crippen molar-refractivity contribution in [3.63, 3.8) is 0 Å². The zero-order chi connectivity index (χ0) is 16.7. The molecule has 4 rings (SSSR count). The predicted octanol–water partition coefficient (Wildman–Crippen LogP) is 4.21. The molecule has 0 saturated carbocycles. The largest absolute Gasteiger partial charge is 0.477 e. The van der Waals surface area contributed by atoms with Crippen LogP contribution >= 0.6 is 11.6 Å². The molecule has 0 atom stereocenters. The number of rotatable bonds is 3. The number of hydrogen-bond donors (Lipinski definition) is 3. The van der Waals surface area contributed by atoms with Gasteiger partial charge < -0.3 is 15.4 Å². The maximum Gasteiger partial charge on any atom is 0.352 e. The Hall–Kier alpha value is -3.12. The fourth-order valence-electron chi connectivity index (χ4n) is 2.63. The van der Waals surface area contributed by atoms with Gasteiger partial charge in [0.15, 0.2) is 0 Å². The summed E-state index contributed by atoms with van der Waals surface area (Å²) in [5, 5.41) is 14.5. The van der Waals surface area contributed by atoms with Crippen molar-refractivity contribution < 1.29 is 9.90 Å². The van der Waals surface area contributed by atoms with Crippen LogP contribution < -0.4 is 5.32 Å². The lowest BCUT2D eigenvalue weighted by molar-refractivity contribution is 0.0691. The van der Waals surface area contributed by atoms with Crippen molar-refractivity contribution >= 4 is 50.9 Å². The van der Waals surface area contributed by atoms with Crippen LogP contribution in [-0.4, -0.2) is 26.0 Å². The number of nitrogens with one attached hydrogen (secondary N) is 2. The molecule has 0 spiro atoms. The SMILES string of the molecule is O=C(O)c1cc2c(Nc3cccc(Cl)c3)nc3ccncc3c2[nH]1. The van der Waals surface area contributed by atoms with E-state index in [1.807, 2.05) is 12.1 Å². The van der Waals surface area contributed by atoms with E-state index < -0.39 is 5.97 Å². The number of pyridine rings is 2. The third kappa shape index (κ3) is 2.43. The number of carboxylic acids is 1. The van der Waals surface area contributed by atoms with Crippen molar-refractivity contribution in [3.05, 3.63) is 59.5 Å². The first-order valence-electron chi connectivity index (χ1n) is 7.14. The van der Waals surface area contributed by atoms with E-state index in [9.17, 15) is 9.90 Å². The first-order valence-corrected chi connectivity index (χ1v) is 7.52. The van der Waals surface area contributed by atoms with Crippen molar-refractivity contribution in [2.75, 3.05) is 5.32 Å². The molecule has 0 aliphatic carbocycles. The van der Waals surface area contributed by atoms with E-state index in [1.165, 1.54) is 0 Å². The summed E-state index contributed by atoms with van der Waals surface area (Å²) in [6.07, 6.45) is 3.31. The number of carbonyl (C=O) groups is 1. The van der Waals surface area contributed by atoms with Crippen molar-refractivity contribution in [2.45, 2.75) is 0 Å². The van der Waals surface area contributed by atoms with E-state index in [-0.39, 0.29) is 5.69 Å². The Morgan fingerprint density at radius 1 is 1.21 bits per heavy atom. The first kappa shape index (κ1) is 14.5. The zero-order valence-electron chi connectivity index (χ0n) is 12.2. The van der Waals surface area contributed by atoms with Gasteiger partial charge in [-0.25, -0.2) is 9.78 Å². The van der Waals surface area contributed by atoms with Gasteiger partial charge in [0.05, 0.1) is 11.0 Å². The van der Waals surface area contributed by atoms with Crippen LogP contribution in [0, 0.1) is 0 Å². The summed E-state index contributed by atoms with van der Waals surface area (Å²) in [5.41, 5.74) is 2.25. The van der Waals surface area contributed by atoms with Gasteiger partial charge in [0.2, 0.25) is 0 Å². The summed E-state index contributed by atoms with van der Waals surface area (Å²) in [5.74, 6) is -0.480. The summed E-state index contributed by atoms with van der Waals surface area (Å²) in [6.45, 7) is 0. The molecule has 4 aromatic rings. The van der Waals surface area contributed by atoms with Crippen LogP contribution in [-0.2, 0) is 0 Å². The molecule has 0 amide bonds. The number of halogens is 1. The highest BCUT2D eigenvalue weighted by Gasteiger charge is 2.15. The van der Waals surface area contributed by atoms with E-state index in [4.69, 9.17) is 11.6 Å². The molecule has 3 aromatic heterocycles. The zero-order valence-corrected chi connectivity index (χ0v) is 13.0. The number of benzene rings is 1. The number of fused-ring (bicyclic) bond motifs is 3. The van der Waals surface area contributed by atoms with Gasteiger partial charge in [-0.05, 0) is 30.3 Å². The predicted molar refractivity (Wildman–Crippen MR) is 93.1 cm³/mol. The molecule has 3 N–H and O–H groups in total. The molecular weight excluding hydrogens is 328 g/mol. The molecule has 0 fully saturated rings. The maximum absolute atomic E-state index is 11.3. The molecule has 24 heavy (non-hydrogen) atoms. The second-order valence-corrected chi connectivity index (χ2v) is 5.70. The minimum absolute atomic E-state index is 0.0947. The lowest BCUT2D eigenvalue weighted by Gasteiger charge is -2.09. The molecule has 118 valence electrons. The highest BCUT2D eigenvalue weighted by atomic mass is 35.5. The number of carboxylic acid groups (broad SMARTS) is 1. The van der Waals surface area contributed by atoms with Gasteiger partial charge in [-0.2, -0.15) is 0 Å². The minimum atomic E-state index is -1.03. The minimum Gasteiger partial charge on any atom is -0.477 e. The lowest BCUT2D eigenvalue weighted by Crippen LogP contribution is -1.95.